The van der Waals surface area contributed by atoms with Gasteiger partial charge in [0.15, 0.2) is 0 Å². The van der Waals surface area contributed by atoms with Gasteiger partial charge in [-0.15, -0.1) is 0 Å². The summed E-state index contributed by atoms with van der Waals surface area (Å²) in [6, 6.07) is 11.5. The Morgan fingerprint density at radius 1 is 0.684 bits per heavy atom. The molecular weight excluding hydrogens is 228 g/mol. The molecule has 102 valence electrons. The molecule has 0 N–H and O–H groups in total. The fourth-order valence-electron chi connectivity index (χ4n) is 2.88. The second-order valence-electron chi connectivity index (χ2n) is 6.51. The minimum Gasteiger partial charge on any atom is -0.0587 e. The van der Waals surface area contributed by atoms with Crippen molar-refractivity contribution in [1.82, 2.24) is 0 Å². The maximum absolute atomic E-state index is 2.40. The van der Waals surface area contributed by atoms with Gasteiger partial charge in [-0.3, -0.25) is 0 Å². The van der Waals surface area contributed by atoms with Crippen LogP contribution >= 0.6 is 0 Å². The zero-order valence-corrected chi connectivity index (χ0v) is 13.1. The third-order valence-corrected chi connectivity index (χ3v) is 3.99. The summed E-state index contributed by atoms with van der Waals surface area (Å²) in [6.45, 7) is 13.7. The maximum Gasteiger partial charge on any atom is -0.0144 e. The van der Waals surface area contributed by atoms with Crippen LogP contribution in [0.25, 0.3) is 10.8 Å². The van der Waals surface area contributed by atoms with E-state index in [4.69, 9.17) is 0 Å². The third-order valence-electron chi connectivity index (χ3n) is 3.99. The lowest BCUT2D eigenvalue weighted by Gasteiger charge is -2.20. The molecule has 0 nitrogen and oxygen atoms in total. The summed E-state index contributed by atoms with van der Waals surface area (Å²) in [5, 5.41) is 2.82. The van der Waals surface area contributed by atoms with Crippen LogP contribution in [0.1, 0.15) is 76.0 Å². The van der Waals surface area contributed by atoms with E-state index in [0.29, 0.717) is 17.8 Å². The highest BCUT2D eigenvalue weighted by Crippen LogP contribution is 2.34. The van der Waals surface area contributed by atoms with Crippen molar-refractivity contribution >= 4 is 10.8 Å². The van der Waals surface area contributed by atoms with Crippen LogP contribution in [-0.4, -0.2) is 0 Å². The molecule has 2 aromatic carbocycles. The first-order valence-corrected chi connectivity index (χ1v) is 7.48. The highest BCUT2D eigenvalue weighted by atomic mass is 14.2. The van der Waals surface area contributed by atoms with E-state index in [0.717, 1.165) is 0 Å². The molecule has 19 heavy (non-hydrogen) atoms. The van der Waals surface area contributed by atoms with E-state index in [1.807, 2.05) is 0 Å². The molecule has 0 fully saturated rings. The van der Waals surface area contributed by atoms with Crippen LogP contribution in [0.2, 0.25) is 0 Å². The van der Waals surface area contributed by atoms with Gasteiger partial charge in [-0.25, -0.2) is 0 Å². The van der Waals surface area contributed by atoms with Gasteiger partial charge in [0.05, 0.1) is 0 Å². The summed E-state index contributed by atoms with van der Waals surface area (Å²) >= 11 is 0. The average Bonchev–Trinajstić information content (AvgIpc) is 2.35. The number of benzene rings is 2. The predicted octanol–water partition coefficient (Wildman–Crippen LogP) is 6.21. The van der Waals surface area contributed by atoms with Gasteiger partial charge >= 0.3 is 0 Å². The molecule has 0 amide bonds. The van der Waals surface area contributed by atoms with Gasteiger partial charge in [0.2, 0.25) is 0 Å². The normalized spacial score (nSPS) is 12.1. The lowest BCUT2D eigenvalue weighted by Crippen LogP contribution is -2.00. The third kappa shape index (κ3) is 2.68. The summed E-state index contributed by atoms with van der Waals surface area (Å²) in [4.78, 5) is 0. The molecule has 0 bridgehead atoms. The van der Waals surface area contributed by atoms with Gasteiger partial charge in [-0.2, -0.15) is 0 Å². The molecule has 2 rings (SSSR count). The van der Waals surface area contributed by atoms with Gasteiger partial charge in [-0.05, 0) is 45.2 Å². The molecular formula is C19H26. The molecule has 0 saturated carbocycles. The molecule has 0 radical (unpaired) electrons. The molecule has 0 aliphatic rings. The molecule has 0 heteroatoms. The SMILES string of the molecule is CC(C)c1ccc2ccc(C(C)C)c(C(C)C)c2c1. The monoisotopic (exact) mass is 254 g/mol. The number of hydrogen-bond donors (Lipinski definition) is 0. The first-order valence-electron chi connectivity index (χ1n) is 7.48. The summed E-state index contributed by atoms with van der Waals surface area (Å²) in [7, 11) is 0. The van der Waals surface area contributed by atoms with Crippen LogP contribution in [0.3, 0.4) is 0 Å². The van der Waals surface area contributed by atoms with Gasteiger partial charge < -0.3 is 0 Å². The van der Waals surface area contributed by atoms with Crippen LogP contribution in [0.4, 0.5) is 0 Å². The second-order valence-corrected chi connectivity index (χ2v) is 6.51. The summed E-state index contributed by atoms with van der Waals surface area (Å²) in [6.07, 6.45) is 0. The minimum absolute atomic E-state index is 0.573. The van der Waals surface area contributed by atoms with Crippen LogP contribution in [0.5, 0.6) is 0 Å². The standard InChI is InChI=1S/C19H26/c1-12(2)16-8-7-15-9-10-17(13(3)4)19(14(5)6)18(15)11-16/h7-14H,1-6H3. The molecule has 0 unspecified atom stereocenters. The van der Waals surface area contributed by atoms with E-state index >= 15 is 0 Å². The van der Waals surface area contributed by atoms with Crippen molar-refractivity contribution in [3.8, 4) is 0 Å². The number of hydrogen-bond acceptors (Lipinski definition) is 0. The van der Waals surface area contributed by atoms with Crippen molar-refractivity contribution in [1.29, 1.82) is 0 Å². The van der Waals surface area contributed by atoms with Crippen LogP contribution < -0.4 is 0 Å². The predicted molar refractivity (Wildman–Crippen MR) is 86.2 cm³/mol. The summed E-state index contributed by atoms with van der Waals surface area (Å²) in [5.41, 5.74) is 4.48. The van der Waals surface area contributed by atoms with E-state index in [-0.39, 0.29) is 0 Å². The average molecular weight is 254 g/mol. The lowest BCUT2D eigenvalue weighted by atomic mass is 9.85. The van der Waals surface area contributed by atoms with Crippen LogP contribution in [-0.2, 0) is 0 Å². The largest absolute Gasteiger partial charge is 0.0587 e. The molecule has 0 saturated heterocycles. The molecule has 0 aliphatic carbocycles. The molecule has 0 heterocycles. The Morgan fingerprint density at radius 3 is 1.84 bits per heavy atom. The summed E-state index contributed by atoms with van der Waals surface area (Å²) < 4.78 is 0. The van der Waals surface area contributed by atoms with E-state index in [2.05, 4.69) is 71.9 Å². The van der Waals surface area contributed by atoms with Gasteiger partial charge in [0.1, 0.15) is 0 Å². The molecule has 0 spiro atoms. The van der Waals surface area contributed by atoms with Crippen molar-refractivity contribution in [2.45, 2.75) is 59.3 Å². The van der Waals surface area contributed by atoms with Gasteiger partial charge in [0, 0.05) is 0 Å². The van der Waals surface area contributed by atoms with E-state index in [1.54, 1.807) is 0 Å². The Labute approximate surface area is 117 Å². The fraction of sp³-hybridized carbons (Fsp3) is 0.474. The van der Waals surface area contributed by atoms with E-state index < -0.39 is 0 Å². The Morgan fingerprint density at radius 2 is 1.32 bits per heavy atom. The Kier molecular flexibility index (Phi) is 3.99. The minimum atomic E-state index is 0.573. The highest BCUT2D eigenvalue weighted by molar-refractivity contribution is 5.88. The fourth-order valence-corrected chi connectivity index (χ4v) is 2.88. The summed E-state index contributed by atoms with van der Waals surface area (Å²) in [5.74, 6) is 1.75. The smallest absolute Gasteiger partial charge is 0.0144 e. The van der Waals surface area contributed by atoms with Crippen molar-refractivity contribution in [3.63, 3.8) is 0 Å². The van der Waals surface area contributed by atoms with Crippen molar-refractivity contribution in [2.24, 2.45) is 0 Å². The Bertz CT molecular complexity index is 569. The van der Waals surface area contributed by atoms with Crippen LogP contribution in [0.15, 0.2) is 30.3 Å². The number of fused-ring (bicyclic) bond motifs is 1. The molecule has 0 aliphatic heterocycles. The Hall–Kier alpha value is -1.30. The topological polar surface area (TPSA) is 0 Å². The van der Waals surface area contributed by atoms with Crippen molar-refractivity contribution in [3.05, 3.63) is 47.0 Å². The zero-order chi connectivity index (χ0) is 14.2. The van der Waals surface area contributed by atoms with Gasteiger partial charge in [0.25, 0.3) is 0 Å². The van der Waals surface area contributed by atoms with Crippen LogP contribution in [0, 0.1) is 0 Å². The Balaban J connectivity index is 2.78. The highest BCUT2D eigenvalue weighted by Gasteiger charge is 2.14. The number of rotatable bonds is 3. The first kappa shape index (κ1) is 14.1. The molecule has 0 aromatic heterocycles. The maximum atomic E-state index is 2.40. The lowest BCUT2D eigenvalue weighted by molar-refractivity contribution is 0.797. The molecule has 0 atom stereocenters. The van der Waals surface area contributed by atoms with Gasteiger partial charge in [-0.1, -0.05) is 71.9 Å². The quantitative estimate of drug-likeness (QED) is 0.611. The zero-order valence-electron chi connectivity index (χ0n) is 13.1. The van der Waals surface area contributed by atoms with E-state index in [9.17, 15) is 0 Å². The van der Waals surface area contributed by atoms with Crippen molar-refractivity contribution < 1.29 is 0 Å². The first-order chi connectivity index (χ1) is 8.91. The van der Waals surface area contributed by atoms with Crippen molar-refractivity contribution in [2.75, 3.05) is 0 Å². The van der Waals surface area contributed by atoms with E-state index in [1.165, 1.54) is 27.5 Å². The second kappa shape index (κ2) is 5.36. The molecule has 2 aromatic rings.